The van der Waals surface area contributed by atoms with Crippen molar-refractivity contribution in [1.29, 1.82) is 0 Å². The lowest BCUT2D eigenvalue weighted by Gasteiger charge is -2.21. The van der Waals surface area contributed by atoms with E-state index in [9.17, 15) is 43.2 Å². The normalized spacial score (nSPS) is 13.9. The molecule has 0 amide bonds. The van der Waals surface area contributed by atoms with E-state index in [-0.39, 0.29) is 25.7 Å². The maximum atomic E-state index is 13.1. The largest absolute Gasteiger partial charge is 0.472 e. The topological polar surface area (TPSA) is 237 Å². The van der Waals surface area contributed by atoms with E-state index in [0.717, 1.165) is 102 Å². The molecule has 19 heteroatoms. The van der Waals surface area contributed by atoms with Crippen molar-refractivity contribution in [2.24, 2.45) is 11.8 Å². The van der Waals surface area contributed by atoms with Crippen LogP contribution in [0, 0.1) is 11.8 Å². The van der Waals surface area contributed by atoms with Gasteiger partial charge in [0.15, 0.2) is 12.2 Å². The van der Waals surface area contributed by atoms with Crippen molar-refractivity contribution >= 4 is 39.5 Å². The quantitative estimate of drug-likeness (QED) is 0.0222. The third-order valence-electron chi connectivity index (χ3n) is 19.0. The summed E-state index contributed by atoms with van der Waals surface area (Å²) < 4.78 is 68.7. The number of aliphatic hydroxyl groups excluding tert-OH is 1. The molecule has 0 saturated carbocycles. The summed E-state index contributed by atoms with van der Waals surface area (Å²) in [7, 11) is -9.92. The molecule has 17 nitrogen and oxygen atoms in total. The molecule has 0 aromatic carbocycles. The Morgan fingerprint density at radius 2 is 0.460 bits per heavy atom. The van der Waals surface area contributed by atoms with E-state index < -0.39 is 97.5 Å². The number of carbonyl (C=O) groups is 4. The molecule has 100 heavy (non-hydrogen) atoms. The lowest BCUT2D eigenvalue weighted by Crippen LogP contribution is -2.30. The fourth-order valence-electron chi connectivity index (χ4n) is 12.5. The molecule has 2 unspecified atom stereocenters. The first-order valence-corrected chi connectivity index (χ1v) is 45.0. The summed E-state index contributed by atoms with van der Waals surface area (Å²) in [5, 5.41) is 10.6. The van der Waals surface area contributed by atoms with Gasteiger partial charge in [-0.1, -0.05) is 375 Å². The smallest absolute Gasteiger partial charge is 0.462 e. The van der Waals surface area contributed by atoms with E-state index in [4.69, 9.17) is 37.0 Å². The number of carbonyl (C=O) groups excluding carboxylic acids is 4. The second-order valence-corrected chi connectivity index (χ2v) is 33.0. The highest BCUT2D eigenvalue weighted by atomic mass is 31.2. The molecule has 0 radical (unpaired) electrons. The van der Waals surface area contributed by atoms with Gasteiger partial charge in [-0.05, 0) is 37.5 Å². The summed E-state index contributed by atoms with van der Waals surface area (Å²) in [6.07, 6.45) is 62.7. The summed E-state index contributed by atoms with van der Waals surface area (Å²) in [4.78, 5) is 73.0. The molecule has 0 aromatic heterocycles. The molecular formula is C81H158O17P2. The van der Waals surface area contributed by atoms with Crippen molar-refractivity contribution in [1.82, 2.24) is 0 Å². The summed E-state index contributed by atoms with van der Waals surface area (Å²) in [6.45, 7) is 9.56. The van der Waals surface area contributed by atoms with Crippen LogP contribution in [-0.2, 0) is 65.4 Å². The Bertz CT molecular complexity index is 1920. The highest BCUT2D eigenvalue weighted by Gasteiger charge is 2.30. The summed E-state index contributed by atoms with van der Waals surface area (Å²) >= 11 is 0. The van der Waals surface area contributed by atoms with E-state index in [0.29, 0.717) is 31.6 Å². The predicted octanol–water partition coefficient (Wildman–Crippen LogP) is 24.3. The van der Waals surface area contributed by atoms with Crippen LogP contribution >= 0.6 is 15.6 Å². The zero-order chi connectivity index (χ0) is 73.5. The molecular weight excluding hydrogens is 1310 g/mol. The molecule has 0 aliphatic carbocycles. The first-order valence-electron chi connectivity index (χ1n) is 42.0. The Morgan fingerprint density at radius 3 is 0.680 bits per heavy atom. The van der Waals surface area contributed by atoms with Crippen LogP contribution in [0.5, 0.6) is 0 Å². The molecule has 0 aliphatic heterocycles. The van der Waals surface area contributed by atoms with Crippen LogP contribution in [0.2, 0.25) is 0 Å². The van der Waals surface area contributed by atoms with Gasteiger partial charge in [0.05, 0.1) is 26.4 Å². The molecule has 0 rings (SSSR count). The number of rotatable bonds is 80. The minimum absolute atomic E-state index is 0.106. The predicted molar refractivity (Wildman–Crippen MR) is 409 cm³/mol. The molecule has 0 spiro atoms. The maximum absolute atomic E-state index is 13.1. The van der Waals surface area contributed by atoms with E-state index in [1.54, 1.807) is 0 Å². The Balaban J connectivity index is 5.22. The summed E-state index contributed by atoms with van der Waals surface area (Å²) in [5.74, 6) is -0.655. The second-order valence-electron chi connectivity index (χ2n) is 30.1. The van der Waals surface area contributed by atoms with Gasteiger partial charge in [-0.15, -0.1) is 0 Å². The molecule has 0 heterocycles. The third kappa shape index (κ3) is 74.3. The Morgan fingerprint density at radius 1 is 0.270 bits per heavy atom. The van der Waals surface area contributed by atoms with Gasteiger partial charge in [0.25, 0.3) is 0 Å². The zero-order valence-corrected chi connectivity index (χ0v) is 67.3. The first-order chi connectivity index (χ1) is 48.4. The van der Waals surface area contributed by atoms with Gasteiger partial charge in [0.2, 0.25) is 0 Å². The number of esters is 4. The molecule has 0 aromatic rings. The van der Waals surface area contributed by atoms with Gasteiger partial charge < -0.3 is 33.8 Å². The molecule has 0 aliphatic rings. The Hall–Kier alpha value is -1.94. The van der Waals surface area contributed by atoms with Crippen molar-refractivity contribution in [3.63, 3.8) is 0 Å². The van der Waals surface area contributed by atoms with Crippen LogP contribution in [0.25, 0.3) is 0 Å². The van der Waals surface area contributed by atoms with Crippen LogP contribution < -0.4 is 0 Å². The van der Waals surface area contributed by atoms with Crippen LogP contribution in [0.4, 0.5) is 0 Å². The average molecular weight is 1470 g/mol. The molecule has 0 bridgehead atoms. The average Bonchev–Trinajstić information content (AvgIpc) is 0.993. The lowest BCUT2D eigenvalue weighted by molar-refractivity contribution is -0.161. The molecule has 0 saturated heterocycles. The Kier molecular flexibility index (Phi) is 71.2. The van der Waals surface area contributed by atoms with Crippen molar-refractivity contribution in [2.75, 3.05) is 39.6 Å². The number of phosphoric ester groups is 2. The van der Waals surface area contributed by atoms with Gasteiger partial charge >= 0.3 is 39.5 Å². The number of aliphatic hydroxyl groups is 1. The standard InChI is InChI=1S/C81H158O17P2/c1-7-9-11-13-15-17-19-21-23-25-26-27-28-30-32-37-41-45-53-59-65-80(85)97-76(69-91-78(83)63-57-51-44-40-36-31-29-24-22-20-18-16-14-12-10-8-2)71-95-99(87,88)93-67-75(82)68-94-100(89,90)96-72-77(70-92-79(84)64-58-52-48-47-50-56-62-74(5)6)98-81(86)66-60-54-46-42-38-34-33-35-39-43-49-55-61-73(3)4/h73-77,82H,7-72H2,1-6H3,(H,87,88)(H,89,90)/t75-,76-,77-/m1/s1. The fraction of sp³-hybridized carbons (Fsp3) is 0.951. The van der Waals surface area contributed by atoms with E-state index in [1.807, 2.05) is 0 Å². The maximum Gasteiger partial charge on any atom is 0.472 e. The number of hydrogen-bond acceptors (Lipinski definition) is 15. The molecule has 0 fully saturated rings. The van der Waals surface area contributed by atoms with Crippen molar-refractivity contribution in [2.45, 2.75) is 445 Å². The fourth-order valence-corrected chi connectivity index (χ4v) is 14.1. The number of unbranched alkanes of at least 4 members (excludes halogenated alkanes) is 50. The highest BCUT2D eigenvalue weighted by Crippen LogP contribution is 2.45. The number of phosphoric acid groups is 2. The SMILES string of the molecule is CCCCCCCCCCCCCCCCCCCCCCC(=O)O[C@H](COC(=O)CCCCCCCCCCCCCCCCCC)COP(=O)(O)OC[C@@H](O)COP(=O)(O)OC[C@@H](COC(=O)CCCCCCCCC(C)C)OC(=O)CCCCCCCCCCCCCCC(C)C. The second kappa shape index (κ2) is 72.6. The van der Waals surface area contributed by atoms with Crippen LogP contribution in [0.3, 0.4) is 0 Å². The lowest BCUT2D eigenvalue weighted by atomic mass is 10.0. The van der Waals surface area contributed by atoms with Crippen molar-refractivity contribution in [3.05, 3.63) is 0 Å². The van der Waals surface area contributed by atoms with Gasteiger partial charge in [0.1, 0.15) is 19.3 Å². The van der Waals surface area contributed by atoms with Crippen LogP contribution in [0.1, 0.15) is 427 Å². The summed E-state index contributed by atoms with van der Waals surface area (Å²) in [5.41, 5.74) is 0. The molecule has 594 valence electrons. The van der Waals surface area contributed by atoms with Gasteiger partial charge in [0, 0.05) is 25.7 Å². The monoisotopic (exact) mass is 1470 g/mol. The first kappa shape index (κ1) is 98.1. The van der Waals surface area contributed by atoms with Gasteiger partial charge in [-0.3, -0.25) is 37.3 Å². The molecule has 3 N–H and O–H groups in total. The minimum Gasteiger partial charge on any atom is -0.462 e. The molecule has 5 atom stereocenters. The number of hydrogen-bond donors (Lipinski definition) is 3. The van der Waals surface area contributed by atoms with E-state index in [1.165, 1.54) is 238 Å². The number of ether oxygens (including phenoxy) is 4. The zero-order valence-electron chi connectivity index (χ0n) is 65.5. The van der Waals surface area contributed by atoms with E-state index >= 15 is 0 Å². The Labute approximate surface area is 613 Å². The van der Waals surface area contributed by atoms with Crippen molar-refractivity contribution in [3.8, 4) is 0 Å². The van der Waals surface area contributed by atoms with E-state index in [2.05, 4.69) is 41.5 Å². The highest BCUT2D eigenvalue weighted by molar-refractivity contribution is 7.47. The van der Waals surface area contributed by atoms with Crippen LogP contribution in [-0.4, -0.2) is 96.7 Å². The van der Waals surface area contributed by atoms with Crippen molar-refractivity contribution < 1.29 is 80.2 Å². The van der Waals surface area contributed by atoms with Gasteiger partial charge in [-0.2, -0.15) is 0 Å². The van der Waals surface area contributed by atoms with Crippen LogP contribution in [0.15, 0.2) is 0 Å². The van der Waals surface area contributed by atoms with Gasteiger partial charge in [-0.25, -0.2) is 9.13 Å². The third-order valence-corrected chi connectivity index (χ3v) is 20.9. The minimum atomic E-state index is -4.96. The summed E-state index contributed by atoms with van der Waals surface area (Å²) in [6, 6.07) is 0.